The Labute approximate surface area is 587 Å². The molecule has 9 heterocycles. The fourth-order valence-electron chi connectivity index (χ4n) is 11.0. The van der Waals surface area contributed by atoms with Crippen LogP contribution in [0.1, 0.15) is 182 Å². The number of imide groups is 1. The second-order valence-corrected chi connectivity index (χ2v) is 35.2. The van der Waals surface area contributed by atoms with E-state index in [2.05, 4.69) is 34.6 Å². The van der Waals surface area contributed by atoms with Crippen molar-refractivity contribution in [1.82, 2.24) is 53.3 Å². The number of sulfonamides is 1. The van der Waals surface area contributed by atoms with Crippen LogP contribution in [0.3, 0.4) is 0 Å². The number of methoxy groups -OCH3 is 1. The molecular weight excluding hydrogens is 1310 g/mol. The van der Waals surface area contributed by atoms with Gasteiger partial charge in [-0.05, 0) is 112 Å². The van der Waals surface area contributed by atoms with Crippen LogP contribution in [0.15, 0.2) is 0 Å². The molecule has 1 aliphatic carbocycles. The summed E-state index contributed by atoms with van der Waals surface area (Å²) in [6.07, 6.45) is 6.59. The molecule has 11 amide bonds. The number of nitrogens with zero attached hydrogens (tertiary/aromatic N) is 11. The van der Waals surface area contributed by atoms with Gasteiger partial charge in [-0.2, -0.15) is 4.31 Å². The monoisotopic (exact) mass is 1440 g/mol. The van der Waals surface area contributed by atoms with E-state index in [4.69, 9.17) is 9.47 Å². The molecule has 570 valence electrons. The first-order valence-corrected chi connectivity index (χ1v) is 37.7. The van der Waals surface area contributed by atoms with Crippen LogP contribution in [0.4, 0.5) is 18.4 Å². The lowest BCUT2D eigenvalue weighted by atomic mass is 9.93. The zero-order valence-electron chi connectivity index (χ0n) is 64.4. The number of hydrogen-bond acceptors (Lipinski definition) is 15. The van der Waals surface area contributed by atoms with E-state index in [1.165, 1.54) is 32.3 Å². The van der Waals surface area contributed by atoms with Crippen LogP contribution in [0.2, 0.25) is 0 Å². The van der Waals surface area contributed by atoms with Crippen LogP contribution >= 0.6 is 0 Å². The molecule has 9 aliphatic heterocycles. The average molecular weight is 1440 g/mol. The molecule has 0 aromatic rings. The van der Waals surface area contributed by atoms with Gasteiger partial charge in [0.25, 0.3) is 11.8 Å². The molecule has 98 heavy (non-hydrogen) atoms. The smallest absolute Gasteiger partial charge is 0.327 e. The Balaban J connectivity index is 0.000000545. The Morgan fingerprint density at radius 2 is 1.11 bits per heavy atom. The Bertz CT molecular complexity index is 2910. The number of hydrogen-bond donors (Lipinski definition) is 0. The number of alkyl halides is 2. The molecule has 26 nitrogen and oxygen atoms in total. The number of piperidine rings is 1. The second-order valence-electron chi connectivity index (χ2n) is 30.9. The summed E-state index contributed by atoms with van der Waals surface area (Å²) in [5.41, 5.74) is -0.511. The number of likely N-dealkylation sites (N-methyl/N-ethyl adjacent to an activating group) is 4. The van der Waals surface area contributed by atoms with Crippen LogP contribution in [-0.4, -0.2) is 310 Å². The van der Waals surface area contributed by atoms with E-state index in [1.54, 1.807) is 94.3 Å². The Morgan fingerprint density at radius 1 is 0.612 bits per heavy atom. The maximum atomic E-state index is 12.5. The summed E-state index contributed by atoms with van der Waals surface area (Å²) in [5, 5.41) is 0. The van der Waals surface area contributed by atoms with Crippen LogP contribution in [0.25, 0.3) is 0 Å². The first-order chi connectivity index (χ1) is 44.5. The zero-order chi connectivity index (χ0) is 76.3. The van der Waals surface area contributed by atoms with Crippen molar-refractivity contribution in [2.24, 2.45) is 16.2 Å². The third-order valence-electron chi connectivity index (χ3n) is 19.5. The maximum absolute atomic E-state index is 12.5. The van der Waals surface area contributed by atoms with Crippen molar-refractivity contribution in [2.75, 3.05) is 152 Å². The SMILES string of the molecule is CC(=O)N(C)C(C)C.CC(=O)N1CCC(F)(F)CC1.CC(=O)N1CCOCC1.CC1(C(=O)N2CCC2)CC1.CC1(C)CCS(=O)(=O)C1.CCN1C(=O)N(C)C(C)(C)C1=O.CN1C(C)(C)CCS1(=O)=O.CN1CC(C)(C)CC1=O.CN1CC(C)(C)N(C)C1=O.COC1CCN(C(C)=O)C1. The number of morpholine rings is 1. The third kappa shape index (κ3) is 29.3. The van der Waals surface area contributed by atoms with Crippen LogP contribution < -0.4 is 0 Å². The number of ether oxygens (including phenoxy) is 2. The summed E-state index contributed by atoms with van der Waals surface area (Å²) in [4.78, 5) is 116. The molecule has 9 saturated heterocycles. The first-order valence-electron chi connectivity index (χ1n) is 34.3. The van der Waals surface area contributed by atoms with Crippen LogP contribution in [0, 0.1) is 16.2 Å². The van der Waals surface area contributed by atoms with Gasteiger partial charge in [-0.25, -0.2) is 35.2 Å². The normalized spacial score (nSPS) is 24.1. The predicted molar refractivity (Wildman–Crippen MR) is 377 cm³/mol. The van der Waals surface area contributed by atoms with Crippen molar-refractivity contribution >= 4 is 73.3 Å². The van der Waals surface area contributed by atoms with Gasteiger partial charge in [0.2, 0.25) is 45.5 Å². The number of halogens is 2. The number of urea groups is 2. The van der Waals surface area contributed by atoms with E-state index < -0.39 is 31.3 Å². The molecule has 30 heteroatoms. The van der Waals surface area contributed by atoms with Gasteiger partial charge in [0.05, 0.1) is 42.1 Å². The fourth-order valence-corrected chi connectivity index (χ4v) is 15.2. The Hall–Kier alpha value is -5.33. The standard InChI is InChI=1S/C8H14N2O2.C8H13NO.C7H11F2NO.C7H14N2O.C7H13NO2.C7H13NO.C6H13NO2S.C6H11NO2.C6H13NO.C6H12O2S/c1-5-10-6(11)8(2,3)9(4)7(10)12;1-8(3-4-8)7(10)9-5-2-6-9;1-6(11)10-4-2-7(8,9)3-5-10;1-7(2)5-8(3)6(10)9(7)4;1-6(9)8-4-3-7(5-8)10-2;1-7(2)4-6(9)8(3)5-7;1-6(2)4-5-10(8,9)7(6)3;1-6(8)7-2-4-9-5-3-7;1-5(2)7(4)6(3)8;1-6(2)3-4-9(7,8)5-6/h5H2,1-4H3;2-6H2,1H3;2-5H2,1H3;5H2,1-4H3;7H,3-5H2,1-2H3;4-5H2,1-3H3;4-5H2,1-3H3;2-5H2,1H3;5H,1-4H3;3-5H2,1-2H3. The highest BCUT2D eigenvalue weighted by molar-refractivity contribution is 7.91. The van der Waals surface area contributed by atoms with Crippen LogP contribution in [0.5, 0.6) is 0 Å². The molecular formula is C68H127F2N11O15S2. The van der Waals surface area contributed by atoms with Crippen molar-refractivity contribution in [3.8, 4) is 0 Å². The molecule has 0 bridgehead atoms. The summed E-state index contributed by atoms with van der Waals surface area (Å²) in [6.45, 7) is 42.9. The van der Waals surface area contributed by atoms with Gasteiger partial charge in [0.15, 0.2) is 9.84 Å². The van der Waals surface area contributed by atoms with E-state index >= 15 is 0 Å². The molecule has 0 spiro atoms. The molecule has 1 atom stereocenters. The molecule has 10 fully saturated rings. The van der Waals surface area contributed by atoms with E-state index in [-0.39, 0.29) is 107 Å². The molecule has 0 radical (unpaired) electrons. The minimum atomic E-state index is -2.90. The van der Waals surface area contributed by atoms with Crippen molar-refractivity contribution < 1.29 is 78.2 Å². The number of carbonyl (C=O) groups is 9. The highest BCUT2D eigenvalue weighted by Gasteiger charge is 2.49. The molecule has 0 aromatic heterocycles. The number of rotatable bonds is 4. The Kier molecular flexibility index (Phi) is 34.7. The molecule has 10 rings (SSSR count). The van der Waals surface area contributed by atoms with Crippen molar-refractivity contribution in [2.45, 2.75) is 217 Å². The molecule has 1 saturated carbocycles. The number of amides is 11. The van der Waals surface area contributed by atoms with Crippen molar-refractivity contribution in [1.29, 1.82) is 0 Å². The third-order valence-corrected chi connectivity index (χ3v) is 23.6. The first kappa shape index (κ1) is 90.7. The van der Waals surface area contributed by atoms with Crippen LogP contribution in [-0.2, 0) is 62.9 Å². The summed E-state index contributed by atoms with van der Waals surface area (Å²) in [7, 11) is 6.75. The summed E-state index contributed by atoms with van der Waals surface area (Å²) < 4.78 is 80.5. The van der Waals surface area contributed by atoms with Gasteiger partial charge in [0, 0.05) is 185 Å². The van der Waals surface area contributed by atoms with E-state index in [1.807, 2.05) is 72.5 Å². The van der Waals surface area contributed by atoms with E-state index in [9.17, 15) is 68.8 Å². The molecule has 1 unspecified atom stereocenters. The summed E-state index contributed by atoms with van der Waals surface area (Å²) in [6, 6.07) is 0.241. The minimum Gasteiger partial charge on any atom is -0.380 e. The van der Waals surface area contributed by atoms with Gasteiger partial charge >= 0.3 is 12.1 Å². The minimum absolute atomic E-state index is 0.00579. The maximum Gasteiger partial charge on any atom is 0.327 e. The lowest BCUT2D eigenvalue weighted by Crippen LogP contribution is -2.45. The van der Waals surface area contributed by atoms with Gasteiger partial charge in [-0.3, -0.25) is 38.5 Å². The Morgan fingerprint density at radius 3 is 1.31 bits per heavy atom. The fraction of sp³-hybridized carbons (Fsp3) is 0.868. The lowest BCUT2D eigenvalue weighted by Gasteiger charge is -2.33. The van der Waals surface area contributed by atoms with Crippen molar-refractivity contribution in [3.05, 3.63) is 0 Å². The topological polar surface area (TPSA) is 276 Å². The van der Waals surface area contributed by atoms with Crippen molar-refractivity contribution in [3.63, 3.8) is 0 Å². The second kappa shape index (κ2) is 37.5. The summed E-state index contributed by atoms with van der Waals surface area (Å²) in [5.74, 6) is -0.600. The predicted octanol–water partition coefficient (Wildman–Crippen LogP) is 6.85. The van der Waals surface area contributed by atoms with E-state index in [0.29, 0.717) is 55.4 Å². The average Bonchev–Trinajstić information content (AvgIpc) is 1.64. The quantitative estimate of drug-likeness (QED) is 0.260. The molecule has 10 aliphatic rings. The number of carbonyl (C=O) groups excluding carboxylic acids is 9. The van der Waals surface area contributed by atoms with Gasteiger partial charge in [-0.15, -0.1) is 0 Å². The van der Waals surface area contributed by atoms with Gasteiger partial charge < -0.3 is 53.6 Å². The lowest BCUT2D eigenvalue weighted by molar-refractivity contribution is -0.140. The highest BCUT2D eigenvalue weighted by atomic mass is 32.2. The van der Waals surface area contributed by atoms with E-state index in [0.717, 1.165) is 84.5 Å². The molecule has 0 N–H and O–H groups in total. The number of likely N-dealkylation sites (tertiary alicyclic amines) is 4. The zero-order valence-corrected chi connectivity index (χ0v) is 66.1. The van der Waals surface area contributed by atoms with Gasteiger partial charge in [0.1, 0.15) is 5.54 Å². The number of sulfone groups is 1. The molecule has 0 aromatic carbocycles. The largest absolute Gasteiger partial charge is 0.380 e. The highest BCUT2D eigenvalue weighted by Crippen LogP contribution is 2.47. The summed E-state index contributed by atoms with van der Waals surface area (Å²) >= 11 is 0. The van der Waals surface area contributed by atoms with Gasteiger partial charge in [-0.1, -0.05) is 34.6 Å².